The number of nitrogen functional groups attached to an aromatic ring is 1. The highest BCUT2D eigenvalue weighted by molar-refractivity contribution is 6.31. The number of hydrogen-bond donors (Lipinski definition) is 2. The fourth-order valence-electron chi connectivity index (χ4n) is 2.10. The molecule has 1 aromatic heterocycles. The summed E-state index contributed by atoms with van der Waals surface area (Å²) in [7, 11) is 0. The van der Waals surface area contributed by atoms with Gasteiger partial charge in [0.25, 0.3) is 6.01 Å². The van der Waals surface area contributed by atoms with Crippen molar-refractivity contribution < 1.29 is 4.42 Å². The topological polar surface area (TPSA) is 64.1 Å². The Hall–Kier alpha value is -2.20. The van der Waals surface area contributed by atoms with Gasteiger partial charge in [0.05, 0.1) is 6.04 Å². The van der Waals surface area contributed by atoms with E-state index in [1.165, 1.54) is 0 Å². The second kappa shape index (κ2) is 5.06. The summed E-state index contributed by atoms with van der Waals surface area (Å²) < 4.78 is 5.63. The van der Waals surface area contributed by atoms with Gasteiger partial charge in [-0.15, -0.1) is 0 Å². The lowest BCUT2D eigenvalue weighted by Crippen LogP contribution is -2.07. The number of oxazole rings is 1. The summed E-state index contributed by atoms with van der Waals surface area (Å²) in [4.78, 5) is 4.37. The van der Waals surface area contributed by atoms with Crippen LogP contribution < -0.4 is 11.1 Å². The number of rotatable bonds is 3. The van der Waals surface area contributed by atoms with Crippen molar-refractivity contribution in [1.29, 1.82) is 0 Å². The summed E-state index contributed by atoms with van der Waals surface area (Å²) >= 11 is 6.18. The Kier molecular flexibility index (Phi) is 3.24. The van der Waals surface area contributed by atoms with E-state index in [9.17, 15) is 0 Å². The van der Waals surface area contributed by atoms with Gasteiger partial charge >= 0.3 is 0 Å². The van der Waals surface area contributed by atoms with Crippen molar-refractivity contribution in [3.63, 3.8) is 0 Å². The molecule has 0 aliphatic carbocycles. The maximum absolute atomic E-state index is 6.18. The van der Waals surface area contributed by atoms with E-state index in [2.05, 4.69) is 10.3 Å². The Morgan fingerprint density at radius 2 is 2.05 bits per heavy atom. The van der Waals surface area contributed by atoms with Crippen LogP contribution in [0.15, 0.2) is 46.9 Å². The first-order chi connectivity index (χ1) is 9.63. The molecule has 102 valence electrons. The average Bonchev–Trinajstić information content (AvgIpc) is 2.80. The standard InChI is InChI=1S/C15H14ClN3O/c1-9(11-4-2-3-5-12(11)16)18-15-19-13-8-10(17)6-7-14(13)20-15/h2-9H,17H2,1H3,(H,18,19). The summed E-state index contributed by atoms with van der Waals surface area (Å²) in [5.41, 5.74) is 8.82. The number of nitrogens with zero attached hydrogens (tertiary/aromatic N) is 1. The van der Waals surface area contributed by atoms with Crippen LogP contribution in [0.5, 0.6) is 0 Å². The Morgan fingerprint density at radius 3 is 2.85 bits per heavy atom. The minimum Gasteiger partial charge on any atom is -0.424 e. The Labute approximate surface area is 121 Å². The SMILES string of the molecule is CC(Nc1nc2cc(N)ccc2o1)c1ccccc1Cl. The van der Waals surface area contributed by atoms with Gasteiger partial charge in [-0.1, -0.05) is 29.8 Å². The van der Waals surface area contributed by atoms with Gasteiger partial charge in [0.15, 0.2) is 5.58 Å². The minimum atomic E-state index is -0.00545. The lowest BCUT2D eigenvalue weighted by atomic mass is 10.1. The van der Waals surface area contributed by atoms with E-state index in [0.29, 0.717) is 22.3 Å². The van der Waals surface area contributed by atoms with E-state index in [4.69, 9.17) is 21.8 Å². The number of halogens is 1. The average molecular weight is 288 g/mol. The van der Waals surface area contributed by atoms with E-state index < -0.39 is 0 Å². The van der Waals surface area contributed by atoms with E-state index in [1.54, 1.807) is 12.1 Å². The molecule has 0 aliphatic heterocycles. The molecule has 0 bridgehead atoms. The van der Waals surface area contributed by atoms with Gasteiger partial charge in [-0.05, 0) is 36.8 Å². The molecule has 3 N–H and O–H groups in total. The molecule has 1 heterocycles. The molecule has 4 nitrogen and oxygen atoms in total. The highest BCUT2D eigenvalue weighted by Gasteiger charge is 2.12. The first kappa shape index (κ1) is 12.8. The van der Waals surface area contributed by atoms with Crippen molar-refractivity contribution in [2.75, 3.05) is 11.1 Å². The molecule has 0 aliphatic rings. The monoisotopic (exact) mass is 287 g/mol. The molecule has 0 amide bonds. The molecule has 20 heavy (non-hydrogen) atoms. The highest BCUT2D eigenvalue weighted by atomic mass is 35.5. The Bertz CT molecular complexity index is 754. The number of hydrogen-bond acceptors (Lipinski definition) is 4. The van der Waals surface area contributed by atoms with Gasteiger partial charge in [-0.3, -0.25) is 0 Å². The van der Waals surface area contributed by atoms with Crippen LogP contribution >= 0.6 is 11.6 Å². The van der Waals surface area contributed by atoms with Gasteiger partial charge < -0.3 is 15.5 Å². The summed E-state index contributed by atoms with van der Waals surface area (Å²) in [5, 5.41) is 3.92. The van der Waals surface area contributed by atoms with Gasteiger partial charge in [0.2, 0.25) is 0 Å². The zero-order valence-corrected chi connectivity index (χ0v) is 11.7. The van der Waals surface area contributed by atoms with Crippen molar-refractivity contribution in [2.45, 2.75) is 13.0 Å². The quantitative estimate of drug-likeness (QED) is 0.707. The van der Waals surface area contributed by atoms with Crippen LogP contribution in [0.25, 0.3) is 11.1 Å². The second-order valence-electron chi connectivity index (χ2n) is 4.63. The molecule has 0 fully saturated rings. The Morgan fingerprint density at radius 1 is 1.25 bits per heavy atom. The maximum Gasteiger partial charge on any atom is 0.296 e. The van der Waals surface area contributed by atoms with Gasteiger partial charge in [0.1, 0.15) is 5.52 Å². The predicted octanol–water partition coefficient (Wildman–Crippen LogP) is 4.24. The van der Waals surface area contributed by atoms with Crippen LogP contribution in [-0.4, -0.2) is 4.98 Å². The third-order valence-electron chi connectivity index (χ3n) is 3.12. The number of aromatic nitrogens is 1. The largest absolute Gasteiger partial charge is 0.424 e. The summed E-state index contributed by atoms with van der Waals surface area (Å²) in [6.45, 7) is 2.00. The van der Waals surface area contributed by atoms with E-state index in [-0.39, 0.29) is 6.04 Å². The molecule has 1 unspecified atom stereocenters. The van der Waals surface area contributed by atoms with E-state index in [1.807, 2.05) is 37.3 Å². The molecule has 0 saturated heterocycles. The van der Waals surface area contributed by atoms with Gasteiger partial charge in [-0.2, -0.15) is 4.98 Å². The molecule has 0 spiro atoms. The highest BCUT2D eigenvalue weighted by Crippen LogP contribution is 2.27. The van der Waals surface area contributed by atoms with Crippen molar-refractivity contribution in [2.24, 2.45) is 0 Å². The van der Waals surface area contributed by atoms with Crippen molar-refractivity contribution in [3.05, 3.63) is 53.1 Å². The number of anilines is 2. The first-order valence-electron chi connectivity index (χ1n) is 6.30. The molecule has 0 saturated carbocycles. The van der Waals surface area contributed by atoms with Crippen LogP contribution in [0.4, 0.5) is 11.7 Å². The predicted molar refractivity (Wildman–Crippen MR) is 81.9 cm³/mol. The number of benzene rings is 2. The van der Waals surface area contributed by atoms with Crippen LogP contribution in [0, 0.1) is 0 Å². The van der Waals surface area contributed by atoms with E-state index >= 15 is 0 Å². The van der Waals surface area contributed by atoms with Crippen LogP contribution in [0.1, 0.15) is 18.5 Å². The lowest BCUT2D eigenvalue weighted by molar-refractivity contribution is 0.604. The summed E-state index contributed by atoms with van der Waals surface area (Å²) in [6, 6.07) is 13.5. The number of fused-ring (bicyclic) bond motifs is 1. The van der Waals surface area contributed by atoms with Crippen molar-refractivity contribution in [3.8, 4) is 0 Å². The molecular formula is C15H14ClN3O. The molecule has 0 radical (unpaired) electrons. The number of nitrogens with one attached hydrogen (secondary N) is 1. The lowest BCUT2D eigenvalue weighted by Gasteiger charge is -2.13. The van der Waals surface area contributed by atoms with Crippen LogP contribution in [0.3, 0.4) is 0 Å². The summed E-state index contributed by atoms with van der Waals surface area (Å²) in [6.07, 6.45) is 0. The molecule has 2 aromatic carbocycles. The second-order valence-corrected chi connectivity index (χ2v) is 5.04. The smallest absolute Gasteiger partial charge is 0.296 e. The molecule has 3 aromatic rings. The third-order valence-corrected chi connectivity index (χ3v) is 3.47. The zero-order valence-electron chi connectivity index (χ0n) is 10.9. The van der Waals surface area contributed by atoms with Gasteiger partial charge in [0, 0.05) is 10.7 Å². The first-order valence-corrected chi connectivity index (χ1v) is 6.68. The molecule has 1 atom stereocenters. The minimum absolute atomic E-state index is 0.00545. The van der Waals surface area contributed by atoms with Crippen LogP contribution in [-0.2, 0) is 0 Å². The van der Waals surface area contributed by atoms with Crippen LogP contribution in [0.2, 0.25) is 5.02 Å². The molecule has 5 heteroatoms. The number of nitrogens with two attached hydrogens (primary N) is 1. The maximum atomic E-state index is 6.18. The molecular weight excluding hydrogens is 274 g/mol. The van der Waals surface area contributed by atoms with Gasteiger partial charge in [-0.25, -0.2) is 0 Å². The van der Waals surface area contributed by atoms with Crippen molar-refractivity contribution >= 4 is 34.4 Å². The normalized spacial score (nSPS) is 12.5. The third kappa shape index (κ3) is 2.42. The fourth-order valence-corrected chi connectivity index (χ4v) is 2.39. The van der Waals surface area contributed by atoms with E-state index in [0.717, 1.165) is 11.1 Å². The zero-order chi connectivity index (χ0) is 14.1. The van der Waals surface area contributed by atoms with Crippen molar-refractivity contribution in [1.82, 2.24) is 4.98 Å². The Balaban J connectivity index is 1.87. The summed E-state index contributed by atoms with van der Waals surface area (Å²) in [5.74, 6) is 0. The molecule has 3 rings (SSSR count). The fraction of sp³-hybridized carbons (Fsp3) is 0.133.